The standard InChI is InChI=1S/C20H23N3O5.ClH/c1-27-14-8-12-17(28-10-20(12)4-6-21-7-5-20)11-9-23(19(26)16(11)14)13-2-3-15(24)22-18(13)25;/h8,13,21H,2-7,9-10H2,1H3,(H,22,24,25);1H/t13-;/m1./s1. The molecule has 0 aromatic heterocycles. The van der Waals surface area contributed by atoms with Crippen molar-refractivity contribution < 1.29 is 23.9 Å². The molecule has 1 atom stereocenters. The van der Waals surface area contributed by atoms with E-state index in [-0.39, 0.29) is 36.1 Å². The maximum Gasteiger partial charge on any atom is 0.259 e. The molecular formula is C20H24ClN3O5. The first kappa shape index (κ1) is 20.0. The molecule has 0 unspecified atom stereocenters. The highest BCUT2D eigenvalue weighted by Crippen LogP contribution is 2.51. The Morgan fingerprint density at radius 2 is 2.00 bits per heavy atom. The van der Waals surface area contributed by atoms with Crippen LogP contribution in [0.1, 0.15) is 47.2 Å². The van der Waals surface area contributed by atoms with E-state index in [1.54, 1.807) is 12.0 Å². The number of imide groups is 1. The van der Waals surface area contributed by atoms with Gasteiger partial charge in [0.05, 0.1) is 25.8 Å². The van der Waals surface area contributed by atoms with E-state index in [2.05, 4.69) is 10.6 Å². The lowest BCUT2D eigenvalue weighted by Gasteiger charge is -2.32. The van der Waals surface area contributed by atoms with E-state index in [0.717, 1.165) is 42.8 Å². The minimum Gasteiger partial charge on any atom is -0.496 e. The van der Waals surface area contributed by atoms with Gasteiger partial charge in [-0.2, -0.15) is 0 Å². The van der Waals surface area contributed by atoms with Crippen LogP contribution in [0.15, 0.2) is 6.07 Å². The zero-order valence-corrected chi connectivity index (χ0v) is 17.0. The molecule has 5 rings (SSSR count). The zero-order valence-electron chi connectivity index (χ0n) is 16.2. The number of ether oxygens (including phenoxy) is 2. The average Bonchev–Trinajstić information content (AvgIpc) is 3.21. The van der Waals surface area contributed by atoms with Gasteiger partial charge in [-0.1, -0.05) is 0 Å². The van der Waals surface area contributed by atoms with Gasteiger partial charge in [-0.05, 0) is 38.4 Å². The number of amides is 3. The molecule has 0 radical (unpaired) electrons. The second-order valence-electron chi connectivity index (χ2n) is 8.03. The number of methoxy groups -OCH3 is 1. The minimum atomic E-state index is -0.646. The Kier molecular flexibility index (Phi) is 4.94. The molecule has 2 saturated heterocycles. The van der Waals surface area contributed by atoms with Gasteiger partial charge in [0.2, 0.25) is 11.8 Å². The number of fused-ring (bicyclic) bond motifs is 4. The lowest BCUT2D eigenvalue weighted by molar-refractivity contribution is -0.136. The maximum atomic E-state index is 13.2. The van der Waals surface area contributed by atoms with Crippen molar-refractivity contribution in [2.75, 3.05) is 26.8 Å². The number of piperidine rings is 2. The molecule has 9 heteroatoms. The summed E-state index contributed by atoms with van der Waals surface area (Å²) in [6.45, 7) is 2.78. The van der Waals surface area contributed by atoms with Gasteiger partial charge in [0.1, 0.15) is 17.5 Å². The molecule has 3 amide bonds. The molecule has 0 saturated carbocycles. The first-order valence-electron chi connectivity index (χ1n) is 9.76. The van der Waals surface area contributed by atoms with Gasteiger partial charge in [-0.3, -0.25) is 19.7 Å². The fraction of sp³-hybridized carbons (Fsp3) is 0.550. The predicted molar refractivity (Wildman–Crippen MR) is 106 cm³/mol. The topological polar surface area (TPSA) is 97.0 Å². The van der Waals surface area contributed by atoms with Gasteiger partial charge in [-0.25, -0.2) is 0 Å². The van der Waals surface area contributed by atoms with Gasteiger partial charge in [0.25, 0.3) is 5.91 Å². The second kappa shape index (κ2) is 7.18. The SMILES string of the molecule is COc1cc2c(c3c1C(=O)N([C@@H]1CCC(=O)NC1=O)C3)OCC21CCNCC1.Cl. The number of carbonyl (C=O) groups excluding carboxylic acids is 3. The van der Waals surface area contributed by atoms with Crippen LogP contribution in [-0.2, 0) is 21.5 Å². The van der Waals surface area contributed by atoms with E-state index >= 15 is 0 Å². The molecule has 29 heavy (non-hydrogen) atoms. The second-order valence-corrected chi connectivity index (χ2v) is 8.03. The summed E-state index contributed by atoms with van der Waals surface area (Å²) in [5, 5.41) is 5.73. The van der Waals surface area contributed by atoms with Gasteiger partial charge in [0.15, 0.2) is 0 Å². The highest BCUT2D eigenvalue weighted by atomic mass is 35.5. The Balaban J connectivity index is 0.00000205. The van der Waals surface area contributed by atoms with E-state index in [1.165, 1.54) is 0 Å². The van der Waals surface area contributed by atoms with Gasteiger partial charge >= 0.3 is 0 Å². The number of nitrogens with one attached hydrogen (secondary N) is 2. The van der Waals surface area contributed by atoms with Crippen molar-refractivity contribution in [3.8, 4) is 11.5 Å². The predicted octanol–water partition coefficient (Wildman–Crippen LogP) is 0.892. The quantitative estimate of drug-likeness (QED) is 0.688. The van der Waals surface area contributed by atoms with Crippen LogP contribution >= 0.6 is 12.4 Å². The number of rotatable bonds is 2. The van der Waals surface area contributed by atoms with Crippen LogP contribution in [0.5, 0.6) is 11.5 Å². The Hall–Kier alpha value is -2.32. The third-order valence-electron chi connectivity index (χ3n) is 6.58. The van der Waals surface area contributed by atoms with Gasteiger partial charge < -0.3 is 19.7 Å². The van der Waals surface area contributed by atoms with Crippen molar-refractivity contribution in [2.24, 2.45) is 0 Å². The molecule has 2 fully saturated rings. The molecule has 8 nitrogen and oxygen atoms in total. The van der Waals surface area contributed by atoms with Crippen molar-refractivity contribution >= 4 is 30.1 Å². The smallest absolute Gasteiger partial charge is 0.259 e. The van der Waals surface area contributed by atoms with E-state index in [9.17, 15) is 14.4 Å². The van der Waals surface area contributed by atoms with Crippen LogP contribution in [0.2, 0.25) is 0 Å². The third kappa shape index (κ3) is 2.88. The van der Waals surface area contributed by atoms with E-state index in [4.69, 9.17) is 9.47 Å². The summed E-state index contributed by atoms with van der Waals surface area (Å²) in [6, 6.07) is 1.31. The summed E-state index contributed by atoms with van der Waals surface area (Å²) < 4.78 is 11.7. The number of hydrogen-bond acceptors (Lipinski definition) is 6. The Labute approximate surface area is 174 Å². The number of halogens is 1. The van der Waals surface area contributed by atoms with Crippen molar-refractivity contribution in [3.63, 3.8) is 0 Å². The molecule has 1 aromatic rings. The highest BCUT2D eigenvalue weighted by Gasteiger charge is 2.48. The normalized spacial score (nSPS) is 24.5. The monoisotopic (exact) mass is 421 g/mol. The Morgan fingerprint density at radius 1 is 1.24 bits per heavy atom. The van der Waals surface area contributed by atoms with Crippen molar-refractivity contribution in [2.45, 2.75) is 43.7 Å². The molecule has 0 bridgehead atoms. The van der Waals surface area contributed by atoms with Gasteiger partial charge in [0, 0.05) is 23.0 Å². The van der Waals surface area contributed by atoms with Gasteiger partial charge in [-0.15, -0.1) is 12.4 Å². The highest BCUT2D eigenvalue weighted by molar-refractivity contribution is 6.07. The lowest BCUT2D eigenvalue weighted by atomic mass is 9.74. The van der Waals surface area contributed by atoms with Crippen molar-refractivity contribution in [3.05, 3.63) is 22.8 Å². The third-order valence-corrected chi connectivity index (χ3v) is 6.58. The molecule has 4 heterocycles. The molecule has 4 aliphatic heterocycles. The summed E-state index contributed by atoms with van der Waals surface area (Å²) in [5.41, 5.74) is 2.35. The molecule has 1 spiro atoms. The number of benzene rings is 1. The number of nitrogens with zero attached hydrogens (tertiary/aromatic N) is 1. The summed E-state index contributed by atoms with van der Waals surface area (Å²) >= 11 is 0. The molecular weight excluding hydrogens is 398 g/mol. The number of carbonyl (C=O) groups is 3. The van der Waals surface area contributed by atoms with Crippen LogP contribution in [0.25, 0.3) is 0 Å². The van der Waals surface area contributed by atoms with Crippen LogP contribution in [0.4, 0.5) is 0 Å². The first-order chi connectivity index (χ1) is 13.5. The van der Waals surface area contributed by atoms with E-state index in [0.29, 0.717) is 30.9 Å². The summed E-state index contributed by atoms with van der Waals surface area (Å²) in [6.07, 6.45) is 2.53. The fourth-order valence-electron chi connectivity index (χ4n) is 5.02. The lowest BCUT2D eigenvalue weighted by Crippen LogP contribution is -2.52. The summed E-state index contributed by atoms with van der Waals surface area (Å²) in [4.78, 5) is 38.5. The van der Waals surface area contributed by atoms with Crippen LogP contribution in [-0.4, -0.2) is 55.5 Å². The van der Waals surface area contributed by atoms with Crippen molar-refractivity contribution in [1.29, 1.82) is 0 Å². The molecule has 1 aromatic carbocycles. The largest absolute Gasteiger partial charge is 0.496 e. The van der Waals surface area contributed by atoms with Crippen LogP contribution in [0.3, 0.4) is 0 Å². The van der Waals surface area contributed by atoms with Crippen LogP contribution < -0.4 is 20.1 Å². The molecule has 0 aliphatic carbocycles. The summed E-state index contributed by atoms with van der Waals surface area (Å²) in [5.74, 6) is 0.376. The average molecular weight is 422 g/mol. The maximum absolute atomic E-state index is 13.2. The van der Waals surface area contributed by atoms with Crippen LogP contribution in [0, 0.1) is 0 Å². The first-order valence-corrected chi connectivity index (χ1v) is 9.76. The molecule has 2 N–H and O–H groups in total. The molecule has 4 aliphatic rings. The number of hydrogen-bond donors (Lipinski definition) is 2. The minimum absolute atomic E-state index is 0. The van der Waals surface area contributed by atoms with E-state index < -0.39 is 11.9 Å². The molecule has 156 valence electrons. The summed E-state index contributed by atoms with van der Waals surface area (Å²) in [7, 11) is 1.56. The van der Waals surface area contributed by atoms with E-state index in [1.807, 2.05) is 6.07 Å². The van der Waals surface area contributed by atoms with Crippen molar-refractivity contribution in [1.82, 2.24) is 15.5 Å². The fourth-order valence-corrected chi connectivity index (χ4v) is 5.02. The zero-order chi connectivity index (χ0) is 19.5. The Bertz CT molecular complexity index is 897. The Morgan fingerprint density at radius 3 is 2.69 bits per heavy atom.